The van der Waals surface area contributed by atoms with E-state index >= 15 is 0 Å². The molecular weight excluding hydrogens is 395 g/mol. The van der Waals surface area contributed by atoms with Gasteiger partial charge in [-0.25, -0.2) is 9.59 Å². The molecule has 146 valence electrons. The standard InChI is InChI=1S/C18H20Cl2N2O5/c1-4-26-17(24)11(18(25)27-5-2)9-21-22-10(3)8-14(23)15-13(22)7-6-12(19)16(15)20/h6-7,9-10,21H,4-5,8H2,1-3H3. The van der Waals surface area contributed by atoms with Gasteiger partial charge in [0.05, 0.1) is 40.6 Å². The number of hydrogen-bond acceptors (Lipinski definition) is 7. The van der Waals surface area contributed by atoms with Crippen LogP contribution in [0.15, 0.2) is 23.9 Å². The third-order valence-electron chi connectivity index (χ3n) is 3.87. The van der Waals surface area contributed by atoms with E-state index in [4.69, 9.17) is 32.7 Å². The first-order valence-corrected chi connectivity index (χ1v) is 9.18. The van der Waals surface area contributed by atoms with Crippen molar-refractivity contribution in [2.24, 2.45) is 0 Å². The number of nitrogens with zero attached hydrogens (tertiary/aromatic N) is 1. The number of ketones is 1. The fourth-order valence-corrected chi connectivity index (χ4v) is 3.08. The van der Waals surface area contributed by atoms with Crippen LogP contribution in [0.5, 0.6) is 0 Å². The zero-order valence-electron chi connectivity index (χ0n) is 15.2. The van der Waals surface area contributed by atoms with Crippen LogP contribution in [-0.4, -0.2) is 37.0 Å². The first kappa shape index (κ1) is 21.1. The number of esters is 2. The van der Waals surface area contributed by atoms with Crippen LogP contribution in [0.1, 0.15) is 37.6 Å². The molecule has 0 aromatic heterocycles. The van der Waals surface area contributed by atoms with Crippen LogP contribution in [0.3, 0.4) is 0 Å². The molecule has 27 heavy (non-hydrogen) atoms. The Balaban J connectivity index is 2.39. The van der Waals surface area contributed by atoms with Crippen LogP contribution in [-0.2, 0) is 19.1 Å². The lowest BCUT2D eigenvalue weighted by Gasteiger charge is -2.36. The molecule has 1 heterocycles. The molecule has 1 atom stereocenters. The maximum atomic E-state index is 12.4. The van der Waals surface area contributed by atoms with Gasteiger partial charge in [-0.3, -0.25) is 9.80 Å². The molecule has 1 unspecified atom stereocenters. The molecule has 1 aliphatic rings. The topological polar surface area (TPSA) is 84.9 Å². The third-order valence-corrected chi connectivity index (χ3v) is 4.68. The van der Waals surface area contributed by atoms with Crippen molar-refractivity contribution in [3.8, 4) is 0 Å². The molecule has 0 saturated carbocycles. The summed E-state index contributed by atoms with van der Waals surface area (Å²) in [5.74, 6) is -1.75. The Labute approximate surface area is 167 Å². The highest BCUT2D eigenvalue weighted by molar-refractivity contribution is 6.44. The second kappa shape index (κ2) is 9.10. The van der Waals surface area contributed by atoms with E-state index < -0.39 is 11.9 Å². The summed E-state index contributed by atoms with van der Waals surface area (Å²) in [7, 11) is 0. The monoisotopic (exact) mass is 414 g/mol. The predicted octanol–water partition coefficient (Wildman–Crippen LogP) is 3.29. The molecule has 0 aliphatic carbocycles. The molecule has 1 N–H and O–H groups in total. The van der Waals surface area contributed by atoms with Gasteiger partial charge < -0.3 is 14.9 Å². The highest BCUT2D eigenvalue weighted by Crippen LogP contribution is 2.38. The van der Waals surface area contributed by atoms with Crippen molar-refractivity contribution in [1.29, 1.82) is 0 Å². The molecule has 0 bridgehead atoms. The highest BCUT2D eigenvalue weighted by Gasteiger charge is 2.32. The van der Waals surface area contributed by atoms with Crippen LogP contribution >= 0.6 is 23.2 Å². The number of halogens is 2. The third kappa shape index (κ3) is 4.54. The maximum absolute atomic E-state index is 12.4. The van der Waals surface area contributed by atoms with Crippen molar-refractivity contribution in [3.63, 3.8) is 0 Å². The van der Waals surface area contributed by atoms with Crippen molar-refractivity contribution in [1.82, 2.24) is 5.43 Å². The summed E-state index contributed by atoms with van der Waals surface area (Å²) < 4.78 is 9.80. The van der Waals surface area contributed by atoms with Crippen LogP contribution < -0.4 is 10.4 Å². The summed E-state index contributed by atoms with van der Waals surface area (Å²) in [6.45, 7) is 5.31. The molecule has 0 amide bonds. The van der Waals surface area contributed by atoms with Crippen molar-refractivity contribution in [2.45, 2.75) is 33.2 Å². The molecule has 0 fully saturated rings. The largest absolute Gasteiger partial charge is 0.462 e. The van der Waals surface area contributed by atoms with E-state index in [-0.39, 0.29) is 52.6 Å². The Hall–Kier alpha value is -2.25. The molecule has 0 radical (unpaired) electrons. The van der Waals surface area contributed by atoms with Crippen molar-refractivity contribution >= 4 is 46.6 Å². The molecule has 0 spiro atoms. The van der Waals surface area contributed by atoms with Crippen LogP contribution in [0.2, 0.25) is 10.0 Å². The number of Topliss-reactive ketones (excluding diaryl/α,β-unsaturated/α-hetero) is 1. The van der Waals surface area contributed by atoms with Crippen molar-refractivity contribution in [3.05, 3.63) is 39.5 Å². The molecule has 9 heteroatoms. The van der Waals surface area contributed by atoms with Gasteiger partial charge in [0, 0.05) is 12.6 Å². The first-order valence-electron chi connectivity index (χ1n) is 8.42. The number of nitrogens with one attached hydrogen (secondary N) is 1. The minimum Gasteiger partial charge on any atom is -0.462 e. The Bertz CT molecular complexity index is 774. The Kier molecular flexibility index (Phi) is 7.10. The number of anilines is 1. The normalized spacial score (nSPS) is 15.7. The molecule has 1 aromatic carbocycles. The van der Waals surface area contributed by atoms with E-state index in [1.165, 1.54) is 6.20 Å². The van der Waals surface area contributed by atoms with Crippen molar-refractivity contribution in [2.75, 3.05) is 18.2 Å². The lowest BCUT2D eigenvalue weighted by atomic mass is 9.97. The Morgan fingerprint density at radius 2 is 1.81 bits per heavy atom. The average molecular weight is 415 g/mol. The summed E-state index contributed by atoms with van der Waals surface area (Å²) in [6, 6.07) is 2.96. The van der Waals surface area contributed by atoms with E-state index in [0.29, 0.717) is 5.69 Å². The van der Waals surface area contributed by atoms with E-state index in [0.717, 1.165) is 0 Å². The van der Waals surface area contributed by atoms with Gasteiger partial charge in [-0.05, 0) is 32.9 Å². The summed E-state index contributed by atoms with van der Waals surface area (Å²) >= 11 is 12.2. The quantitative estimate of drug-likeness (QED) is 0.330. The molecule has 7 nitrogen and oxygen atoms in total. The minimum atomic E-state index is -0.807. The van der Waals surface area contributed by atoms with Gasteiger partial charge in [-0.2, -0.15) is 0 Å². The number of rotatable bonds is 6. The second-order valence-corrected chi connectivity index (χ2v) is 6.52. The van der Waals surface area contributed by atoms with Gasteiger partial charge in [0.2, 0.25) is 0 Å². The van der Waals surface area contributed by atoms with E-state index in [1.54, 1.807) is 31.0 Å². The maximum Gasteiger partial charge on any atom is 0.347 e. The van der Waals surface area contributed by atoms with Crippen molar-refractivity contribution < 1.29 is 23.9 Å². The zero-order chi connectivity index (χ0) is 20.1. The van der Waals surface area contributed by atoms with E-state index in [2.05, 4.69) is 5.43 Å². The fourth-order valence-electron chi connectivity index (χ4n) is 2.66. The number of fused-ring (bicyclic) bond motifs is 1. The second-order valence-electron chi connectivity index (χ2n) is 5.73. The van der Waals surface area contributed by atoms with Crippen LogP contribution in [0, 0.1) is 0 Å². The minimum absolute atomic E-state index is 0.112. The van der Waals surface area contributed by atoms with E-state index in [9.17, 15) is 14.4 Å². The number of ether oxygens (including phenoxy) is 2. The molecule has 1 aliphatic heterocycles. The Morgan fingerprint density at radius 1 is 1.22 bits per heavy atom. The molecule has 0 saturated heterocycles. The lowest BCUT2D eigenvalue weighted by Crippen LogP contribution is -2.47. The first-order chi connectivity index (χ1) is 12.8. The predicted molar refractivity (Wildman–Crippen MR) is 102 cm³/mol. The van der Waals surface area contributed by atoms with Gasteiger partial charge in [-0.15, -0.1) is 0 Å². The number of hydrogen-bond donors (Lipinski definition) is 1. The summed E-state index contributed by atoms with van der Waals surface area (Å²) in [5, 5.41) is 2.07. The van der Waals surface area contributed by atoms with Gasteiger partial charge >= 0.3 is 11.9 Å². The molecule has 1 aromatic rings. The summed E-state index contributed by atoms with van der Waals surface area (Å²) in [4.78, 5) is 36.5. The number of carbonyl (C=O) groups is 3. The summed E-state index contributed by atoms with van der Waals surface area (Å²) in [5.41, 5.74) is 3.39. The SMILES string of the molecule is CCOC(=O)C(=CNN1c2ccc(Cl)c(Cl)c2C(=O)CC1C)C(=O)OCC. The summed E-state index contributed by atoms with van der Waals surface area (Å²) in [6.07, 6.45) is 1.39. The highest BCUT2D eigenvalue weighted by atomic mass is 35.5. The number of hydrazine groups is 1. The number of benzene rings is 1. The lowest BCUT2D eigenvalue weighted by molar-refractivity contribution is -0.146. The molecular formula is C18H20Cl2N2O5. The number of carbonyl (C=O) groups excluding carboxylic acids is 3. The van der Waals surface area contributed by atoms with Gasteiger partial charge in [0.15, 0.2) is 11.4 Å². The molecule has 2 rings (SSSR count). The van der Waals surface area contributed by atoms with E-state index in [1.807, 2.05) is 6.92 Å². The van der Waals surface area contributed by atoms with Gasteiger partial charge in [-0.1, -0.05) is 23.2 Å². The fraction of sp³-hybridized carbons (Fsp3) is 0.389. The van der Waals surface area contributed by atoms with Gasteiger partial charge in [0.1, 0.15) is 0 Å². The van der Waals surface area contributed by atoms with Crippen LogP contribution in [0.25, 0.3) is 0 Å². The zero-order valence-corrected chi connectivity index (χ0v) is 16.7. The smallest absolute Gasteiger partial charge is 0.347 e. The van der Waals surface area contributed by atoms with Crippen LogP contribution in [0.4, 0.5) is 5.69 Å². The Morgan fingerprint density at radius 3 is 2.37 bits per heavy atom. The average Bonchev–Trinajstić information content (AvgIpc) is 2.60. The van der Waals surface area contributed by atoms with Gasteiger partial charge in [0.25, 0.3) is 0 Å².